The van der Waals surface area contributed by atoms with Gasteiger partial charge in [0.05, 0.1) is 0 Å². The summed E-state index contributed by atoms with van der Waals surface area (Å²) in [5.74, 6) is 0. The van der Waals surface area contributed by atoms with Gasteiger partial charge >= 0.3 is 0 Å². The fourth-order valence-electron chi connectivity index (χ4n) is 5.34. The second kappa shape index (κ2) is 12.4. The SMILES string of the molecule is CCCCCCC(C)(CCCC)C1CCCN1C(C)(C)CCCCCC. The molecule has 0 aromatic heterocycles. The molecule has 156 valence electrons. The number of hydrogen-bond acceptors (Lipinski definition) is 1. The van der Waals surface area contributed by atoms with Gasteiger partial charge in [-0.1, -0.05) is 91.9 Å². The molecule has 0 aromatic carbocycles. The van der Waals surface area contributed by atoms with Crippen LogP contribution in [0.2, 0.25) is 0 Å². The monoisotopic (exact) mass is 365 g/mol. The van der Waals surface area contributed by atoms with Crippen LogP contribution >= 0.6 is 0 Å². The third kappa shape index (κ3) is 7.53. The molecule has 1 nitrogen and oxygen atoms in total. The van der Waals surface area contributed by atoms with Crippen LogP contribution in [0, 0.1) is 5.41 Å². The first-order valence-corrected chi connectivity index (χ1v) is 12.2. The fourth-order valence-corrected chi connectivity index (χ4v) is 5.34. The lowest BCUT2D eigenvalue weighted by atomic mass is 9.72. The average Bonchev–Trinajstić information content (AvgIpc) is 3.12. The average molecular weight is 366 g/mol. The van der Waals surface area contributed by atoms with E-state index in [1.54, 1.807) is 0 Å². The summed E-state index contributed by atoms with van der Waals surface area (Å²) in [6, 6.07) is 0.817. The van der Waals surface area contributed by atoms with Crippen molar-refractivity contribution in [1.29, 1.82) is 0 Å². The van der Waals surface area contributed by atoms with Crippen LogP contribution in [0.5, 0.6) is 0 Å². The Morgan fingerprint density at radius 3 is 1.81 bits per heavy atom. The van der Waals surface area contributed by atoms with Crippen LogP contribution in [-0.4, -0.2) is 23.0 Å². The van der Waals surface area contributed by atoms with E-state index in [1.807, 2.05) is 0 Å². The van der Waals surface area contributed by atoms with Gasteiger partial charge in [0, 0.05) is 11.6 Å². The van der Waals surface area contributed by atoms with Gasteiger partial charge < -0.3 is 0 Å². The van der Waals surface area contributed by atoms with Crippen LogP contribution in [-0.2, 0) is 0 Å². The third-order valence-electron chi connectivity index (χ3n) is 7.18. The molecule has 1 saturated heterocycles. The van der Waals surface area contributed by atoms with Crippen molar-refractivity contribution in [3.8, 4) is 0 Å². The molecule has 26 heavy (non-hydrogen) atoms. The van der Waals surface area contributed by atoms with Crippen LogP contribution in [0.4, 0.5) is 0 Å². The van der Waals surface area contributed by atoms with Crippen LogP contribution in [0.1, 0.15) is 138 Å². The van der Waals surface area contributed by atoms with Gasteiger partial charge in [0.1, 0.15) is 0 Å². The van der Waals surface area contributed by atoms with E-state index in [1.165, 1.54) is 103 Å². The van der Waals surface area contributed by atoms with Gasteiger partial charge in [-0.05, 0) is 57.9 Å². The Morgan fingerprint density at radius 1 is 0.692 bits per heavy atom. The Bertz CT molecular complexity index is 348. The highest BCUT2D eigenvalue weighted by molar-refractivity contribution is 4.98. The maximum Gasteiger partial charge on any atom is 0.0156 e. The zero-order valence-corrected chi connectivity index (χ0v) is 19.3. The molecule has 0 aromatic rings. The first kappa shape index (κ1) is 24.0. The first-order chi connectivity index (χ1) is 12.4. The summed E-state index contributed by atoms with van der Waals surface area (Å²) in [5, 5.41) is 0. The zero-order chi connectivity index (χ0) is 19.5. The van der Waals surface area contributed by atoms with Crippen LogP contribution in [0.3, 0.4) is 0 Å². The molecule has 1 aliphatic rings. The van der Waals surface area contributed by atoms with Crippen molar-refractivity contribution >= 4 is 0 Å². The van der Waals surface area contributed by atoms with Gasteiger partial charge in [-0.3, -0.25) is 4.90 Å². The van der Waals surface area contributed by atoms with Crippen LogP contribution in [0.25, 0.3) is 0 Å². The molecule has 0 amide bonds. The number of nitrogens with zero attached hydrogens (tertiary/aromatic N) is 1. The normalized spacial score (nSPS) is 21.2. The lowest BCUT2D eigenvalue weighted by molar-refractivity contribution is 0.0138. The van der Waals surface area contributed by atoms with Crippen LogP contribution < -0.4 is 0 Å². The zero-order valence-electron chi connectivity index (χ0n) is 19.3. The highest BCUT2D eigenvalue weighted by Crippen LogP contribution is 2.45. The maximum absolute atomic E-state index is 2.95. The summed E-state index contributed by atoms with van der Waals surface area (Å²) >= 11 is 0. The molecule has 1 fully saturated rings. The van der Waals surface area contributed by atoms with Gasteiger partial charge in [-0.15, -0.1) is 0 Å². The van der Waals surface area contributed by atoms with Crippen molar-refractivity contribution < 1.29 is 0 Å². The number of likely N-dealkylation sites (tertiary alicyclic amines) is 1. The molecule has 1 heteroatoms. The standard InChI is InChI=1S/C25H51N/c1-7-10-13-15-19-24(4,5)26-22-17-18-23(26)25(6,20-12-9-3)21-16-14-11-8-2/h23H,7-22H2,1-6H3. The minimum atomic E-state index is 0.381. The van der Waals surface area contributed by atoms with Crippen molar-refractivity contribution in [3.63, 3.8) is 0 Å². The fraction of sp³-hybridized carbons (Fsp3) is 1.00. The maximum atomic E-state index is 2.95. The molecule has 0 radical (unpaired) electrons. The van der Waals surface area contributed by atoms with E-state index in [9.17, 15) is 0 Å². The molecule has 0 spiro atoms. The number of unbranched alkanes of at least 4 members (excludes halogenated alkanes) is 7. The highest BCUT2D eigenvalue weighted by Gasteiger charge is 2.44. The summed E-state index contributed by atoms with van der Waals surface area (Å²) in [5.41, 5.74) is 0.909. The molecule has 0 N–H and O–H groups in total. The Morgan fingerprint density at radius 2 is 1.23 bits per heavy atom. The van der Waals surface area contributed by atoms with Gasteiger partial charge in [-0.25, -0.2) is 0 Å². The Hall–Kier alpha value is -0.0400. The Kier molecular flexibility index (Phi) is 11.5. The number of rotatable bonds is 15. The Balaban J connectivity index is 2.75. The smallest absolute Gasteiger partial charge is 0.0156 e. The van der Waals surface area contributed by atoms with Gasteiger partial charge in [0.2, 0.25) is 0 Å². The second-order valence-electron chi connectivity index (χ2n) is 10.0. The number of hydrogen-bond donors (Lipinski definition) is 0. The van der Waals surface area contributed by atoms with E-state index in [-0.39, 0.29) is 0 Å². The van der Waals surface area contributed by atoms with Crippen molar-refractivity contribution in [3.05, 3.63) is 0 Å². The van der Waals surface area contributed by atoms with Crippen molar-refractivity contribution in [1.82, 2.24) is 4.90 Å². The van der Waals surface area contributed by atoms with Crippen molar-refractivity contribution in [2.75, 3.05) is 6.54 Å². The molecule has 2 atom stereocenters. The van der Waals surface area contributed by atoms with E-state index in [2.05, 4.69) is 46.4 Å². The van der Waals surface area contributed by atoms with Gasteiger partial charge in [0.25, 0.3) is 0 Å². The molecular formula is C25H51N. The molecule has 0 saturated carbocycles. The molecular weight excluding hydrogens is 314 g/mol. The summed E-state index contributed by atoms with van der Waals surface area (Å²) < 4.78 is 0. The Labute approximate surface area is 166 Å². The molecule has 1 rings (SSSR count). The minimum Gasteiger partial charge on any atom is -0.295 e. The van der Waals surface area contributed by atoms with Crippen LogP contribution in [0.15, 0.2) is 0 Å². The molecule has 1 heterocycles. The van der Waals surface area contributed by atoms with E-state index >= 15 is 0 Å². The van der Waals surface area contributed by atoms with E-state index in [4.69, 9.17) is 0 Å². The summed E-state index contributed by atoms with van der Waals surface area (Å²) in [6.45, 7) is 16.1. The van der Waals surface area contributed by atoms with Gasteiger partial charge in [-0.2, -0.15) is 0 Å². The second-order valence-corrected chi connectivity index (χ2v) is 10.0. The summed E-state index contributed by atoms with van der Waals surface area (Å²) in [4.78, 5) is 2.95. The first-order valence-electron chi connectivity index (χ1n) is 12.2. The predicted molar refractivity (Wildman–Crippen MR) is 119 cm³/mol. The topological polar surface area (TPSA) is 3.24 Å². The summed E-state index contributed by atoms with van der Waals surface area (Å²) in [6.07, 6.45) is 21.1. The molecule has 2 unspecified atom stereocenters. The minimum absolute atomic E-state index is 0.381. The lowest BCUT2D eigenvalue weighted by Crippen LogP contribution is -2.52. The molecule has 1 aliphatic heterocycles. The third-order valence-corrected chi connectivity index (χ3v) is 7.18. The van der Waals surface area contributed by atoms with E-state index in [0.717, 1.165) is 6.04 Å². The quantitative estimate of drug-likeness (QED) is 0.263. The molecule has 0 aliphatic carbocycles. The highest BCUT2D eigenvalue weighted by atomic mass is 15.2. The molecule has 0 bridgehead atoms. The largest absolute Gasteiger partial charge is 0.295 e. The summed E-state index contributed by atoms with van der Waals surface area (Å²) in [7, 11) is 0. The van der Waals surface area contributed by atoms with Crippen molar-refractivity contribution in [2.24, 2.45) is 5.41 Å². The van der Waals surface area contributed by atoms with E-state index in [0.29, 0.717) is 11.0 Å². The predicted octanol–water partition coefficient (Wildman–Crippen LogP) is 8.37. The van der Waals surface area contributed by atoms with Gasteiger partial charge in [0.15, 0.2) is 0 Å². The lowest BCUT2D eigenvalue weighted by Gasteiger charge is -2.48. The van der Waals surface area contributed by atoms with E-state index < -0.39 is 0 Å². The van der Waals surface area contributed by atoms with Crippen molar-refractivity contribution in [2.45, 2.75) is 149 Å².